The van der Waals surface area contributed by atoms with E-state index in [0.717, 1.165) is 6.07 Å². The number of rotatable bonds is 2. The van der Waals surface area contributed by atoms with Gasteiger partial charge in [0.05, 0.1) is 11.6 Å². The van der Waals surface area contributed by atoms with Gasteiger partial charge >= 0.3 is 0 Å². The highest BCUT2D eigenvalue weighted by molar-refractivity contribution is 5.72. The molecule has 0 saturated heterocycles. The zero-order chi connectivity index (χ0) is 10.6. The molecule has 0 aliphatic carbocycles. The molecule has 0 spiro atoms. The van der Waals surface area contributed by atoms with E-state index in [1.807, 2.05) is 6.07 Å². The molecule has 14 heavy (non-hydrogen) atoms. The Labute approximate surface area is 81.2 Å². The van der Waals surface area contributed by atoms with Gasteiger partial charge in [0.15, 0.2) is 0 Å². The largest absolute Gasteiger partial charge is 0.352 e. The van der Waals surface area contributed by atoms with Crippen LogP contribution in [0.1, 0.15) is 18.1 Å². The predicted octanol–water partition coefficient (Wildman–Crippen LogP) is 1.33. The van der Waals surface area contributed by atoms with Crippen molar-refractivity contribution in [2.24, 2.45) is 0 Å². The summed E-state index contributed by atoms with van der Waals surface area (Å²) in [4.78, 5) is 10.6. The van der Waals surface area contributed by atoms with Gasteiger partial charge in [-0.15, -0.1) is 0 Å². The number of halogens is 1. The molecule has 72 valence electrons. The van der Waals surface area contributed by atoms with E-state index in [1.165, 1.54) is 19.1 Å². The number of carbonyl (C=O) groups is 1. The minimum atomic E-state index is -0.474. The molecule has 1 rings (SSSR count). The number of hydrogen-bond acceptors (Lipinski definition) is 2. The van der Waals surface area contributed by atoms with Crippen LogP contribution in [0.3, 0.4) is 0 Å². The molecule has 1 aromatic rings. The number of nitrogens with zero attached hydrogens (tertiary/aromatic N) is 1. The average molecular weight is 192 g/mol. The van der Waals surface area contributed by atoms with Crippen LogP contribution in [0, 0.1) is 17.1 Å². The second-order valence-electron chi connectivity index (χ2n) is 2.83. The van der Waals surface area contributed by atoms with Crippen LogP contribution in [0.5, 0.6) is 0 Å². The third kappa shape index (κ3) is 2.56. The monoisotopic (exact) mass is 192 g/mol. The van der Waals surface area contributed by atoms with Gasteiger partial charge in [0.1, 0.15) is 5.82 Å². The Morgan fingerprint density at radius 1 is 1.64 bits per heavy atom. The molecule has 0 radical (unpaired) electrons. The Morgan fingerprint density at radius 2 is 2.36 bits per heavy atom. The van der Waals surface area contributed by atoms with Gasteiger partial charge in [0.25, 0.3) is 0 Å². The minimum Gasteiger partial charge on any atom is -0.352 e. The van der Waals surface area contributed by atoms with Crippen LogP contribution < -0.4 is 5.32 Å². The number of carbonyl (C=O) groups excluding carboxylic acids is 1. The van der Waals surface area contributed by atoms with E-state index in [9.17, 15) is 9.18 Å². The molecule has 0 heterocycles. The zero-order valence-electron chi connectivity index (χ0n) is 7.67. The molecule has 4 heteroatoms. The van der Waals surface area contributed by atoms with Gasteiger partial charge in [-0.25, -0.2) is 4.39 Å². The normalized spacial score (nSPS) is 9.21. The highest BCUT2D eigenvalue weighted by Gasteiger charge is 2.03. The molecule has 0 bridgehead atoms. The van der Waals surface area contributed by atoms with Crippen molar-refractivity contribution in [3.63, 3.8) is 0 Å². The number of nitrogens with one attached hydrogen (secondary N) is 1. The van der Waals surface area contributed by atoms with Crippen molar-refractivity contribution in [2.75, 3.05) is 0 Å². The smallest absolute Gasteiger partial charge is 0.217 e. The van der Waals surface area contributed by atoms with Crippen molar-refractivity contribution >= 4 is 5.91 Å². The highest BCUT2D eigenvalue weighted by atomic mass is 19.1. The van der Waals surface area contributed by atoms with E-state index in [0.29, 0.717) is 5.56 Å². The maximum Gasteiger partial charge on any atom is 0.217 e. The first kappa shape index (κ1) is 10.2. The molecule has 3 nitrogen and oxygen atoms in total. The lowest BCUT2D eigenvalue weighted by Gasteiger charge is -2.03. The molecular formula is C10H9FN2O. The van der Waals surface area contributed by atoms with Gasteiger partial charge < -0.3 is 5.32 Å². The molecule has 1 N–H and O–H groups in total. The van der Waals surface area contributed by atoms with Crippen LogP contribution in [0.25, 0.3) is 0 Å². The average Bonchev–Trinajstić information content (AvgIpc) is 2.15. The lowest BCUT2D eigenvalue weighted by molar-refractivity contribution is -0.119. The van der Waals surface area contributed by atoms with Gasteiger partial charge in [-0.1, -0.05) is 6.07 Å². The SMILES string of the molecule is CC(=O)NCc1ccc(C#N)cc1F. The summed E-state index contributed by atoms with van der Waals surface area (Å²) in [7, 11) is 0. The first-order valence-electron chi connectivity index (χ1n) is 4.06. The third-order valence-corrected chi connectivity index (χ3v) is 1.71. The molecule has 0 aliphatic heterocycles. The Hall–Kier alpha value is -1.89. The summed E-state index contributed by atoms with van der Waals surface area (Å²) < 4.78 is 13.2. The fourth-order valence-corrected chi connectivity index (χ4v) is 0.980. The van der Waals surface area contributed by atoms with Crippen molar-refractivity contribution in [1.82, 2.24) is 5.32 Å². The Kier molecular flexibility index (Phi) is 3.19. The summed E-state index contributed by atoms with van der Waals surface area (Å²) in [5.74, 6) is -0.688. The van der Waals surface area contributed by atoms with Crippen molar-refractivity contribution in [1.29, 1.82) is 5.26 Å². The summed E-state index contributed by atoms with van der Waals surface area (Å²) in [6.45, 7) is 1.51. The second kappa shape index (κ2) is 4.38. The molecule has 1 aromatic carbocycles. The fourth-order valence-electron chi connectivity index (χ4n) is 0.980. The van der Waals surface area contributed by atoms with Crippen molar-refractivity contribution in [2.45, 2.75) is 13.5 Å². The molecule has 0 atom stereocenters. The minimum absolute atomic E-state index is 0.146. The summed E-state index contributed by atoms with van der Waals surface area (Å²) in [6, 6.07) is 5.99. The molecule has 0 fully saturated rings. The molecule has 1 amide bonds. The van der Waals surface area contributed by atoms with Crippen molar-refractivity contribution in [3.05, 3.63) is 35.1 Å². The maximum atomic E-state index is 13.2. The molecule has 0 aliphatic rings. The van der Waals surface area contributed by atoms with Gasteiger partial charge in [-0.2, -0.15) is 5.26 Å². The van der Waals surface area contributed by atoms with E-state index in [4.69, 9.17) is 5.26 Å². The van der Waals surface area contributed by atoms with Crippen LogP contribution in [-0.2, 0) is 11.3 Å². The summed E-state index contributed by atoms with van der Waals surface area (Å²) in [5, 5.41) is 11.0. The van der Waals surface area contributed by atoms with E-state index < -0.39 is 5.82 Å². The van der Waals surface area contributed by atoms with E-state index in [2.05, 4.69) is 5.32 Å². The topological polar surface area (TPSA) is 52.9 Å². The lowest BCUT2D eigenvalue weighted by atomic mass is 10.1. The van der Waals surface area contributed by atoms with Crippen LogP contribution in [0.2, 0.25) is 0 Å². The van der Waals surface area contributed by atoms with Gasteiger partial charge in [0.2, 0.25) is 5.91 Å². The van der Waals surface area contributed by atoms with Crippen LogP contribution >= 0.6 is 0 Å². The molecule has 0 aromatic heterocycles. The Morgan fingerprint density at radius 3 is 2.86 bits per heavy atom. The zero-order valence-corrected chi connectivity index (χ0v) is 7.67. The molecule has 0 unspecified atom stereocenters. The summed E-state index contributed by atoms with van der Waals surface area (Å²) in [5.41, 5.74) is 0.647. The quantitative estimate of drug-likeness (QED) is 0.768. The van der Waals surface area contributed by atoms with Crippen LogP contribution in [0.4, 0.5) is 4.39 Å². The number of benzene rings is 1. The first-order chi connectivity index (χ1) is 6.63. The summed E-state index contributed by atoms with van der Waals surface area (Å²) in [6.07, 6.45) is 0. The molecule has 0 saturated carbocycles. The Balaban J connectivity index is 2.80. The number of amides is 1. The van der Waals surface area contributed by atoms with Crippen LogP contribution in [0.15, 0.2) is 18.2 Å². The lowest BCUT2D eigenvalue weighted by Crippen LogP contribution is -2.19. The third-order valence-electron chi connectivity index (χ3n) is 1.71. The van der Waals surface area contributed by atoms with Crippen molar-refractivity contribution < 1.29 is 9.18 Å². The van der Waals surface area contributed by atoms with E-state index in [-0.39, 0.29) is 18.0 Å². The summed E-state index contributed by atoms with van der Waals surface area (Å²) >= 11 is 0. The molecular weight excluding hydrogens is 183 g/mol. The highest BCUT2D eigenvalue weighted by Crippen LogP contribution is 2.09. The Bertz CT molecular complexity index is 396. The van der Waals surface area contributed by atoms with Crippen molar-refractivity contribution in [3.8, 4) is 6.07 Å². The van der Waals surface area contributed by atoms with E-state index >= 15 is 0 Å². The maximum absolute atomic E-state index is 13.2. The van der Waals surface area contributed by atoms with Gasteiger partial charge in [0, 0.05) is 19.0 Å². The fraction of sp³-hybridized carbons (Fsp3) is 0.200. The first-order valence-corrected chi connectivity index (χ1v) is 4.06. The number of hydrogen-bond donors (Lipinski definition) is 1. The second-order valence-corrected chi connectivity index (χ2v) is 2.83. The standard InChI is InChI=1S/C10H9FN2O/c1-7(14)13-6-9-3-2-8(5-12)4-10(9)11/h2-4H,6H2,1H3,(H,13,14). The predicted molar refractivity (Wildman–Crippen MR) is 48.6 cm³/mol. The van der Waals surface area contributed by atoms with Gasteiger partial charge in [-0.3, -0.25) is 4.79 Å². The van der Waals surface area contributed by atoms with E-state index in [1.54, 1.807) is 0 Å². The van der Waals surface area contributed by atoms with Gasteiger partial charge in [-0.05, 0) is 12.1 Å². The number of nitriles is 1. The van der Waals surface area contributed by atoms with Crippen LogP contribution in [-0.4, -0.2) is 5.91 Å².